The van der Waals surface area contributed by atoms with Gasteiger partial charge in [-0.15, -0.1) is 0 Å². The van der Waals surface area contributed by atoms with E-state index in [1.54, 1.807) is 11.3 Å². The zero-order chi connectivity index (χ0) is 14.7. The summed E-state index contributed by atoms with van der Waals surface area (Å²) in [5, 5.41) is 11.8. The fraction of sp³-hybridized carbons (Fsp3) is 0.400. The van der Waals surface area contributed by atoms with E-state index in [0.29, 0.717) is 0 Å². The summed E-state index contributed by atoms with van der Waals surface area (Å²) in [4.78, 5) is 2.10. The number of azo groups is 1. The van der Waals surface area contributed by atoms with Crippen LogP contribution in [0.4, 0.5) is 16.5 Å². The van der Waals surface area contributed by atoms with Crippen molar-refractivity contribution < 1.29 is 4.57 Å². The molecule has 0 spiro atoms. The van der Waals surface area contributed by atoms with Crippen molar-refractivity contribution in [3.05, 3.63) is 34.8 Å². The van der Waals surface area contributed by atoms with Crippen LogP contribution in [0, 0.1) is 13.8 Å². The first kappa shape index (κ1) is 14.7. The molecular weight excluding hydrogens is 268 g/mol. The predicted octanol–water partition coefficient (Wildman–Crippen LogP) is 4.15. The predicted molar refractivity (Wildman–Crippen MR) is 84.6 cm³/mol. The molecule has 2 rings (SSSR count). The lowest BCUT2D eigenvalue weighted by Gasteiger charge is -2.14. The van der Waals surface area contributed by atoms with E-state index in [9.17, 15) is 0 Å². The van der Waals surface area contributed by atoms with E-state index in [1.165, 1.54) is 5.69 Å². The van der Waals surface area contributed by atoms with Gasteiger partial charge in [0.05, 0.1) is 11.7 Å². The number of hydrogen-bond acceptors (Lipinski definition) is 4. The number of aryl methyl sites for hydroxylation is 3. The van der Waals surface area contributed by atoms with Crippen LogP contribution in [0.3, 0.4) is 0 Å². The van der Waals surface area contributed by atoms with E-state index >= 15 is 0 Å². The van der Waals surface area contributed by atoms with Crippen LogP contribution in [-0.4, -0.2) is 14.1 Å². The minimum absolute atomic E-state index is 0.912. The minimum atomic E-state index is 0.912. The van der Waals surface area contributed by atoms with Crippen molar-refractivity contribution in [1.29, 1.82) is 0 Å². The van der Waals surface area contributed by atoms with Gasteiger partial charge in [-0.05, 0) is 60.5 Å². The summed E-state index contributed by atoms with van der Waals surface area (Å²) in [6.45, 7) is 7.18. The lowest BCUT2D eigenvalue weighted by atomic mass is 10.1. The Hall–Kier alpha value is -1.75. The fourth-order valence-electron chi connectivity index (χ4n) is 2.06. The van der Waals surface area contributed by atoms with Crippen molar-refractivity contribution in [2.45, 2.75) is 27.3 Å². The highest BCUT2D eigenvalue weighted by atomic mass is 32.1. The van der Waals surface area contributed by atoms with Crippen molar-refractivity contribution in [3.8, 4) is 0 Å². The van der Waals surface area contributed by atoms with Gasteiger partial charge >= 0.3 is 5.13 Å². The van der Waals surface area contributed by atoms with E-state index in [0.717, 1.165) is 28.5 Å². The van der Waals surface area contributed by atoms with Crippen molar-refractivity contribution in [2.24, 2.45) is 10.2 Å². The second-order valence-corrected chi connectivity index (χ2v) is 5.87. The highest BCUT2D eigenvalue weighted by molar-refractivity contribution is 7.12. The van der Waals surface area contributed by atoms with Crippen molar-refractivity contribution in [1.82, 2.24) is 0 Å². The monoisotopic (exact) mass is 289 g/mol. The number of benzene rings is 1. The summed E-state index contributed by atoms with van der Waals surface area (Å²) >= 11 is 1.61. The van der Waals surface area contributed by atoms with Gasteiger partial charge < -0.3 is 4.90 Å². The average molecular weight is 289 g/mol. The molecule has 4 nitrogen and oxygen atoms in total. The molecule has 0 saturated heterocycles. The number of nitrogens with zero attached hydrogens (tertiary/aromatic N) is 4. The van der Waals surface area contributed by atoms with Gasteiger partial charge in [0, 0.05) is 25.2 Å². The average Bonchev–Trinajstić information content (AvgIpc) is 2.84. The molecule has 0 radical (unpaired) electrons. The van der Waals surface area contributed by atoms with Gasteiger partial charge in [0.15, 0.2) is 0 Å². The first-order valence-corrected chi connectivity index (χ1v) is 7.58. The summed E-state index contributed by atoms with van der Waals surface area (Å²) in [6, 6.07) is 4.29. The molecule has 0 N–H and O–H groups in total. The van der Waals surface area contributed by atoms with E-state index in [1.807, 2.05) is 25.7 Å². The molecule has 106 valence electrons. The third-order valence-corrected chi connectivity index (χ3v) is 4.01. The van der Waals surface area contributed by atoms with Crippen molar-refractivity contribution in [2.75, 3.05) is 19.0 Å². The second kappa shape index (κ2) is 6.13. The Balaban J connectivity index is 2.34. The molecule has 0 aliphatic carbocycles. The summed E-state index contributed by atoms with van der Waals surface area (Å²) in [7, 11) is 4.09. The largest absolute Gasteiger partial charge is 0.408 e. The molecule has 0 unspecified atom stereocenters. The zero-order valence-corrected chi connectivity index (χ0v) is 13.5. The smallest absolute Gasteiger partial charge is 0.378 e. The van der Waals surface area contributed by atoms with Crippen LogP contribution in [0.15, 0.2) is 33.9 Å². The van der Waals surface area contributed by atoms with Gasteiger partial charge in [0.25, 0.3) is 0 Å². The standard InChI is InChI=1S/C15H21N4S/c1-6-19-7-8-20-15(19)17-16-14-11(2)9-13(18(4)5)10-12(14)3/h7-10H,6H2,1-5H3/q+1. The van der Waals surface area contributed by atoms with Crippen LogP contribution < -0.4 is 9.47 Å². The first-order valence-electron chi connectivity index (χ1n) is 6.70. The Kier molecular flexibility index (Phi) is 4.49. The number of rotatable bonds is 4. The summed E-state index contributed by atoms with van der Waals surface area (Å²) in [6.07, 6.45) is 2.04. The van der Waals surface area contributed by atoms with Crippen LogP contribution in [0.25, 0.3) is 0 Å². The molecule has 20 heavy (non-hydrogen) atoms. The minimum Gasteiger partial charge on any atom is -0.378 e. The Morgan fingerprint density at radius 2 is 1.80 bits per heavy atom. The Labute approximate surface area is 124 Å². The van der Waals surface area contributed by atoms with E-state index in [-0.39, 0.29) is 0 Å². The topological polar surface area (TPSA) is 31.8 Å². The molecule has 1 heterocycles. The fourth-order valence-corrected chi connectivity index (χ4v) is 2.80. The SMILES string of the molecule is CC[n+]1ccsc1/N=N/c1c(C)cc(N(C)C)cc1C. The van der Waals surface area contributed by atoms with E-state index in [2.05, 4.69) is 52.6 Å². The van der Waals surface area contributed by atoms with Gasteiger partial charge in [-0.3, -0.25) is 0 Å². The Morgan fingerprint density at radius 3 is 2.35 bits per heavy atom. The van der Waals surface area contributed by atoms with Gasteiger partial charge in [-0.2, -0.15) is 0 Å². The lowest BCUT2D eigenvalue weighted by molar-refractivity contribution is -0.676. The second-order valence-electron chi connectivity index (χ2n) is 4.99. The molecule has 0 amide bonds. The summed E-state index contributed by atoms with van der Waals surface area (Å²) < 4.78 is 2.09. The van der Waals surface area contributed by atoms with Gasteiger partial charge in [0.1, 0.15) is 11.9 Å². The number of hydrogen-bond donors (Lipinski definition) is 0. The molecule has 2 aromatic rings. The van der Waals surface area contributed by atoms with Crippen LogP contribution in [-0.2, 0) is 6.54 Å². The molecular formula is C15H21N4S+. The Bertz CT molecular complexity index is 606. The molecule has 0 fully saturated rings. The highest BCUT2D eigenvalue weighted by Crippen LogP contribution is 2.30. The quantitative estimate of drug-likeness (QED) is 0.614. The zero-order valence-electron chi connectivity index (χ0n) is 12.7. The highest BCUT2D eigenvalue weighted by Gasteiger charge is 2.12. The maximum Gasteiger partial charge on any atom is 0.408 e. The molecule has 0 atom stereocenters. The maximum atomic E-state index is 4.45. The molecule has 5 heteroatoms. The van der Waals surface area contributed by atoms with Crippen molar-refractivity contribution >= 4 is 27.8 Å². The molecule has 0 aliphatic rings. The van der Waals surface area contributed by atoms with Crippen LogP contribution in [0.2, 0.25) is 0 Å². The lowest BCUT2D eigenvalue weighted by Crippen LogP contribution is -2.28. The van der Waals surface area contributed by atoms with E-state index < -0.39 is 0 Å². The van der Waals surface area contributed by atoms with Crippen molar-refractivity contribution in [3.63, 3.8) is 0 Å². The van der Waals surface area contributed by atoms with Gasteiger partial charge in [0.2, 0.25) is 0 Å². The Morgan fingerprint density at radius 1 is 1.15 bits per heavy atom. The number of anilines is 1. The molecule has 1 aromatic carbocycles. The maximum absolute atomic E-state index is 4.45. The third kappa shape index (κ3) is 3.04. The van der Waals surface area contributed by atoms with Gasteiger partial charge in [-0.1, -0.05) is 0 Å². The summed E-state index contributed by atoms with van der Waals surface area (Å²) in [5.41, 5.74) is 4.46. The van der Waals surface area contributed by atoms with Crippen LogP contribution in [0.1, 0.15) is 18.1 Å². The van der Waals surface area contributed by atoms with Crippen LogP contribution in [0.5, 0.6) is 0 Å². The van der Waals surface area contributed by atoms with Gasteiger partial charge in [-0.25, -0.2) is 4.57 Å². The molecule has 0 saturated carbocycles. The number of aromatic nitrogens is 1. The van der Waals surface area contributed by atoms with E-state index in [4.69, 9.17) is 0 Å². The third-order valence-electron chi connectivity index (χ3n) is 3.23. The normalized spacial score (nSPS) is 11.2. The molecule has 1 aromatic heterocycles. The molecule has 0 aliphatic heterocycles. The molecule has 0 bridgehead atoms. The summed E-state index contributed by atoms with van der Waals surface area (Å²) in [5.74, 6) is 0. The van der Waals surface area contributed by atoms with Crippen LogP contribution >= 0.6 is 11.3 Å². The first-order chi connectivity index (χ1) is 9.52. The number of thiazole rings is 1.